The fourth-order valence-corrected chi connectivity index (χ4v) is 4.49. The van der Waals surface area contributed by atoms with Gasteiger partial charge in [-0.2, -0.15) is 0 Å². The zero-order chi connectivity index (χ0) is 14.8. The summed E-state index contributed by atoms with van der Waals surface area (Å²) in [6, 6.07) is 1.19. The number of piperidine rings is 1. The minimum Gasteiger partial charge on any atom is -0.481 e. The van der Waals surface area contributed by atoms with Crippen LogP contribution in [0.2, 0.25) is 0 Å². The Hall–Kier alpha value is -0.570. The van der Waals surface area contributed by atoms with Crippen LogP contribution in [0.15, 0.2) is 0 Å². The molecular weight excluding hydrogens is 250 g/mol. The normalized spacial score (nSPS) is 34.9. The van der Waals surface area contributed by atoms with E-state index in [2.05, 4.69) is 25.7 Å². The van der Waals surface area contributed by atoms with E-state index in [9.17, 15) is 4.79 Å². The lowest BCUT2D eigenvalue weighted by Crippen LogP contribution is -2.51. The van der Waals surface area contributed by atoms with Gasteiger partial charge in [-0.3, -0.25) is 9.69 Å². The Bertz CT molecular complexity index is 340. The van der Waals surface area contributed by atoms with E-state index in [0.29, 0.717) is 23.9 Å². The van der Waals surface area contributed by atoms with Crippen LogP contribution in [-0.2, 0) is 4.79 Å². The van der Waals surface area contributed by atoms with Crippen LogP contribution in [0, 0.1) is 11.3 Å². The number of carboxylic acids is 1. The van der Waals surface area contributed by atoms with Gasteiger partial charge in [0.25, 0.3) is 0 Å². The molecule has 1 saturated heterocycles. The van der Waals surface area contributed by atoms with Gasteiger partial charge in [0.15, 0.2) is 0 Å². The summed E-state index contributed by atoms with van der Waals surface area (Å²) in [4.78, 5) is 13.5. The Labute approximate surface area is 123 Å². The van der Waals surface area contributed by atoms with Crippen molar-refractivity contribution in [2.75, 3.05) is 6.54 Å². The van der Waals surface area contributed by atoms with Gasteiger partial charge in [0.2, 0.25) is 0 Å². The van der Waals surface area contributed by atoms with Crippen LogP contribution in [0.5, 0.6) is 0 Å². The van der Waals surface area contributed by atoms with Crippen LogP contribution in [0.3, 0.4) is 0 Å². The lowest BCUT2D eigenvalue weighted by Gasteiger charge is -2.49. The number of likely N-dealkylation sites (tertiary alicyclic amines) is 1. The van der Waals surface area contributed by atoms with Crippen molar-refractivity contribution in [2.45, 2.75) is 84.2 Å². The topological polar surface area (TPSA) is 40.5 Å². The number of rotatable bonds is 4. The molecule has 0 aromatic heterocycles. The highest BCUT2D eigenvalue weighted by Crippen LogP contribution is 2.42. The summed E-state index contributed by atoms with van der Waals surface area (Å²) in [5.41, 5.74) is 0.488. The minimum atomic E-state index is -0.645. The van der Waals surface area contributed by atoms with E-state index in [4.69, 9.17) is 5.11 Å². The first-order valence-corrected chi connectivity index (χ1v) is 8.36. The molecule has 3 nitrogen and oxygen atoms in total. The molecule has 1 aliphatic heterocycles. The summed E-state index contributed by atoms with van der Waals surface area (Å²) >= 11 is 0. The Morgan fingerprint density at radius 3 is 2.70 bits per heavy atom. The predicted octanol–water partition coefficient (Wildman–Crippen LogP) is 3.92. The van der Waals surface area contributed by atoms with E-state index in [1.54, 1.807) is 0 Å². The summed E-state index contributed by atoms with van der Waals surface area (Å²) in [7, 11) is 0. The average Bonchev–Trinajstić information content (AvgIpc) is 2.36. The standard InChI is InChI=1S/C17H31NO2/c1-13-12-17(2,3)10-9-15(13)18-11-5-4-6-14(18)7-8-16(19)20/h13-15H,4-12H2,1-3H3,(H,19,20). The second-order valence-corrected chi connectivity index (χ2v) is 7.77. The molecule has 1 aliphatic carbocycles. The number of hydrogen-bond acceptors (Lipinski definition) is 2. The van der Waals surface area contributed by atoms with E-state index in [1.165, 1.54) is 45.1 Å². The van der Waals surface area contributed by atoms with Crippen LogP contribution in [0.1, 0.15) is 72.1 Å². The molecule has 3 heteroatoms. The monoisotopic (exact) mass is 281 g/mol. The van der Waals surface area contributed by atoms with Crippen LogP contribution in [0.4, 0.5) is 0 Å². The third kappa shape index (κ3) is 3.97. The zero-order valence-electron chi connectivity index (χ0n) is 13.4. The average molecular weight is 281 g/mol. The van der Waals surface area contributed by atoms with Crippen LogP contribution in [0.25, 0.3) is 0 Å². The molecule has 0 bridgehead atoms. The summed E-state index contributed by atoms with van der Waals surface area (Å²) in [5.74, 6) is 0.0949. The molecule has 0 radical (unpaired) electrons. The van der Waals surface area contributed by atoms with Crippen LogP contribution in [-0.4, -0.2) is 34.6 Å². The van der Waals surface area contributed by atoms with Gasteiger partial charge in [0.1, 0.15) is 0 Å². The molecule has 3 unspecified atom stereocenters. The first-order valence-electron chi connectivity index (χ1n) is 8.36. The molecule has 1 saturated carbocycles. The fraction of sp³-hybridized carbons (Fsp3) is 0.941. The highest BCUT2D eigenvalue weighted by atomic mass is 16.4. The quantitative estimate of drug-likeness (QED) is 0.849. The van der Waals surface area contributed by atoms with E-state index in [1.807, 2.05) is 0 Å². The molecular formula is C17H31NO2. The number of hydrogen-bond donors (Lipinski definition) is 1. The van der Waals surface area contributed by atoms with Crippen LogP contribution < -0.4 is 0 Å². The van der Waals surface area contributed by atoms with Crippen molar-refractivity contribution >= 4 is 5.97 Å². The summed E-state index contributed by atoms with van der Waals surface area (Å²) in [6.07, 6.45) is 8.82. The Morgan fingerprint density at radius 2 is 2.05 bits per heavy atom. The van der Waals surface area contributed by atoms with Crippen molar-refractivity contribution in [1.29, 1.82) is 0 Å². The number of carboxylic acid groups (broad SMARTS) is 1. The van der Waals surface area contributed by atoms with Gasteiger partial charge < -0.3 is 5.11 Å². The van der Waals surface area contributed by atoms with Crippen molar-refractivity contribution in [1.82, 2.24) is 4.90 Å². The Morgan fingerprint density at radius 1 is 1.30 bits per heavy atom. The van der Waals surface area contributed by atoms with Gasteiger partial charge >= 0.3 is 5.97 Å². The Kier molecular flexibility index (Phi) is 5.11. The van der Waals surface area contributed by atoms with E-state index < -0.39 is 5.97 Å². The summed E-state index contributed by atoms with van der Waals surface area (Å²) < 4.78 is 0. The van der Waals surface area contributed by atoms with Gasteiger partial charge in [0, 0.05) is 18.5 Å². The molecule has 2 aliphatic rings. The largest absolute Gasteiger partial charge is 0.481 e. The van der Waals surface area contributed by atoms with Crippen molar-refractivity contribution in [3.05, 3.63) is 0 Å². The minimum absolute atomic E-state index is 0.327. The number of aliphatic carboxylic acids is 1. The molecule has 20 heavy (non-hydrogen) atoms. The van der Waals surface area contributed by atoms with Gasteiger partial charge in [-0.25, -0.2) is 0 Å². The van der Waals surface area contributed by atoms with Gasteiger partial charge in [-0.05, 0) is 56.4 Å². The van der Waals surface area contributed by atoms with Gasteiger partial charge in [0.05, 0.1) is 0 Å². The van der Waals surface area contributed by atoms with Gasteiger partial charge in [-0.15, -0.1) is 0 Å². The van der Waals surface area contributed by atoms with Crippen molar-refractivity contribution < 1.29 is 9.90 Å². The molecule has 0 aromatic rings. The molecule has 0 spiro atoms. The maximum Gasteiger partial charge on any atom is 0.303 e. The molecule has 1 N–H and O–H groups in total. The SMILES string of the molecule is CC1CC(C)(C)CCC1N1CCCCC1CCC(=O)O. The van der Waals surface area contributed by atoms with Crippen molar-refractivity contribution in [3.8, 4) is 0 Å². The van der Waals surface area contributed by atoms with Crippen molar-refractivity contribution in [3.63, 3.8) is 0 Å². The number of carbonyl (C=O) groups is 1. The predicted molar refractivity (Wildman–Crippen MR) is 81.8 cm³/mol. The van der Waals surface area contributed by atoms with E-state index >= 15 is 0 Å². The number of nitrogens with zero attached hydrogens (tertiary/aromatic N) is 1. The Balaban J connectivity index is 1.98. The van der Waals surface area contributed by atoms with Crippen molar-refractivity contribution in [2.24, 2.45) is 11.3 Å². The van der Waals surface area contributed by atoms with E-state index in [0.717, 1.165) is 12.3 Å². The van der Waals surface area contributed by atoms with Gasteiger partial charge in [-0.1, -0.05) is 27.2 Å². The fourth-order valence-electron chi connectivity index (χ4n) is 4.49. The highest BCUT2D eigenvalue weighted by molar-refractivity contribution is 5.66. The summed E-state index contributed by atoms with van der Waals surface area (Å²) in [6.45, 7) is 8.35. The molecule has 1 heterocycles. The second-order valence-electron chi connectivity index (χ2n) is 7.77. The molecule has 2 rings (SSSR count). The maximum absolute atomic E-state index is 10.9. The lowest BCUT2D eigenvalue weighted by molar-refractivity contribution is -0.137. The third-order valence-corrected chi connectivity index (χ3v) is 5.44. The third-order valence-electron chi connectivity index (χ3n) is 5.44. The first kappa shape index (κ1) is 15.8. The lowest BCUT2D eigenvalue weighted by atomic mass is 9.69. The maximum atomic E-state index is 10.9. The zero-order valence-corrected chi connectivity index (χ0v) is 13.4. The first-order chi connectivity index (χ1) is 9.39. The smallest absolute Gasteiger partial charge is 0.303 e. The second kappa shape index (κ2) is 6.46. The molecule has 3 atom stereocenters. The molecule has 0 amide bonds. The summed E-state index contributed by atoms with van der Waals surface area (Å²) in [5, 5.41) is 8.94. The molecule has 116 valence electrons. The highest BCUT2D eigenvalue weighted by Gasteiger charge is 2.38. The van der Waals surface area contributed by atoms with E-state index in [-0.39, 0.29) is 0 Å². The molecule has 2 fully saturated rings. The van der Waals surface area contributed by atoms with Crippen LogP contribution >= 0.6 is 0 Å². The molecule has 0 aromatic carbocycles.